The molecule has 1 saturated carbocycles. The summed E-state index contributed by atoms with van der Waals surface area (Å²) in [7, 11) is 1.32. The van der Waals surface area contributed by atoms with Crippen LogP contribution in [0.1, 0.15) is 45.4 Å². The Hall–Kier alpha value is -1.39. The number of ketones is 1. The zero-order chi connectivity index (χ0) is 12.9. The van der Waals surface area contributed by atoms with Gasteiger partial charge in [0, 0.05) is 0 Å². The summed E-state index contributed by atoms with van der Waals surface area (Å²) < 4.78 is 4.76. The summed E-state index contributed by atoms with van der Waals surface area (Å²) in [5.74, 6) is -1.02. The molecule has 1 fully saturated rings. The van der Waals surface area contributed by atoms with E-state index >= 15 is 0 Å². The molecule has 0 saturated heterocycles. The lowest BCUT2D eigenvalue weighted by molar-refractivity contribution is -0.153. The van der Waals surface area contributed by atoms with Crippen LogP contribution in [0.2, 0.25) is 0 Å². The van der Waals surface area contributed by atoms with Crippen LogP contribution in [-0.4, -0.2) is 30.3 Å². The average molecular weight is 241 g/mol. The average Bonchev–Trinajstić information content (AvgIpc) is 2.27. The molecular weight excluding hydrogens is 222 g/mol. The maximum Gasteiger partial charge on any atom is 0.331 e. The fraction of sp³-hybridized carbons (Fsp3) is 0.750. The first-order chi connectivity index (χ1) is 8.00. The molecule has 1 aliphatic carbocycles. The highest BCUT2D eigenvalue weighted by Crippen LogP contribution is 2.29. The molecule has 0 aromatic heterocycles. The van der Waals surface area contributed by atoms with E-state index in [4.69, 9.17) is 4.74 Å². The normalized spacial score (nSPS) is 18.2. The highest BCUT2D eigenvalue weighted by atomic mass is 16.5. The number of hydrogen-bond acceptors (Lipinski definition) is 4. The summed E-state index contributed by atoms with van der Waals surface area (Å²) in [6.07, 6.45) is 3.82. The van der Waals surface area contributed by atoms with E-state index in [-0.39, 0.29) is 12.2 Å². The number of Topliss-reactive ketones (excluding diaryl/α,β-unsaturated/α-hetero) is 1. The van der Waals surface area contributed by atoms with Crippen molar-refractivity contribution in [2.45, 2.75) is 51.0 Å². The third-order valence-electron chi connectivity index (χ3n) is 3.07. The van der Waals surface area contributed by atoms with Gasteiger partial charge in [-0.25, -0.2) is 4.79 Å². The summed E-state index contributed by atoms with van der Waals surface area (Å²) in [6.45, 7) is 1.35. The largest absolute Gasteiger partial charge is 0.467 e. The second-order valence-corrected chi connectivity index (χ2v) is 4.56. The minimum absolute atomic E-state index is 0.182. The minimum Gasteiger partial charge on any atom is -0.467 e. The van der Waals surface area contributed by atoms with E-state index in [1.165, 1.54) is 14.0 Å². The molecule has 1 amide bonds. The number of ether oxygens (including phenoxy) is 1. The Morgan fingerprint density at radius 1 is 1.18 bits per heavy atom. The van der Waals surface area contributed by atoms with Gasteiger partial charge in [0.1, 0.15) is 11.3 Å². The van der Waals surface area contributed by atoms with E-state index in [0.717, 1.165) is 19.3 Å². The van der Waals surface area contributed by atoms with E-state index in [0.29, 0.717) is 12.8 Å². The molecule has 5 nitrogen and oxygen atoms in total. The van der Waals surface area contributed by atoms with Crippen molar-refractivity contribution in [2.24, 2.45) is 0 Å². The van der Waals surface area contributed by atoms with Crippen LogP contribution in [0.15, 0.2) is 0 Å². The fourth-order valence-electron chi connectivity index (χ4n) is 2.27. The van der Waals surface area contributed by atoms with Crippen LogP contribution < -0.4 is 5.32 Å². The topological polar surface area (TPSA) is 72.5 Å². The van der Waals surface area contributed by atoms with E-state index in [1.54, 1.807) is 0 Å². The van der Waals surface area contributed by atoms with Gasteiger partial charge < -0.3 is 10.1 Å². The van der Waals surface area contributed by atoms with Gasteiger partial charge in [0.25, 0.3) is 0 Å². The van der Waals surface area contributed by atoms with Crippen LogP contribution in [-0.2, 0) is 19.1 Å². The predicted molar refractivity (Wildman–Crippen MR) is 61.3 cm³/mol. The van der Waals surface area contributed by atoms with Crippen molar-refractivity contribution in [1.82, 2.24) is 5.32 Å². The summed E-state index contributed by atoms with van der Waals surface area (Å²) in [5, 5.41) is 2.68. The van der Waals surface area contributed by atoms with Crippen molar-refractivity contribution in [3.63, 3.8) is 0 Å². The third-order valence-corrected chi connectivity index (χ3v) is 3.07. The molecular formula is C12H19NO4. The van der Waals surface area contributed by atoms with Crippen molar-refractivity contribution >= 4 is 17.7 Å². The smallest absolute Gasteiger partial charge is 0.331 e. The molecule has 1 aliphatic rings. The Bertz CT molecular complexity index is 318. The second-order valence-electron chi connectivity index (χ2n) is 4.56. The first-order valence-corrected chi connectivity index (χ1v) is 5.89. The highest BCUT2D eigenvalue weighted by Gasteiger charge is 2.41. The number of carbonyl (C=O) groups excluding carboxylic acids is 3. The van der Waals surface area contributed by atoms with Crippen LogP contribution >= 0.6 is 0 Å². The summed E-state index contributed by atoms with van der Waals surface area (Å²) in [4.78, 5) is 34.3. The molecule has 1 rings (SSSR count). The van der Waals surface area contributed by atoms with Crippen molar-refractivity contribution in [3.8, 4) is 0 Å². The molecule has 0 radical (unpaired) electrons. The summed E-state index contributed by atoms with van der Waals surface area (Å²) in [5.41, 5.74) is -0.917. The van der Waals surface area contributed by atoms with E-state index in [1.807, 2.05) is 0 Å². The number of nitrogens with one attached hydrogen (secondary N) is 1. The maximum absolute atomic E-state index is 11.8. The maximum atomic E-state index is 11.8. The number of hydrogen-bond donors (Lipinski definition) is 1. The van der Waals surface area contributed by atoms with Crippen LogP contribution in [0.25, 0.3) is 0 Å². The van der Waals surface area contributed by atoms with E-state index < -0.39 is 17.4 Å². The quantitative estimate of drug-likeness (QED) is 0.587. The number of carbonyl (C=O) groups is 3. The zero-order valence-corrected chi connectivity index (χ0v) is 10.4. The van der Waals surface area contributed by atoms with Gasteiger partial charge in [-0.15, -0.1) is 0 Å². The summed E-state index contributed by atoms with van der Waals surface area (Å²) >= 11 is 0. The predicted octanol–water partition coefficient (Wildman–Crippen LogP) is 0.958. The Kier molecular flexibility index (Phi) is 4.66. The molecule has 96 valence electrons. The molecule has 0 spiro atoms. The first-order valence-electron chi connectivity index (χ1n) is 5.89. The van der Waals surface area contributed by atoms with Crippen LogP contribution in [0, 0.1) is 0 Å². The molecule has 0 aliphatic heterocycles. The van der Waals surface area contributed by atoms with Gasteiger partial charge >= 0.3 is 5.97 Å². The lowest BCUT2D eigenvalue weighted by Gasteiger charge is -2.35. The van der Waals surface area contributed by atoms with Crippen LogP contribution in [0.5, 0.6) is 0 Å². The molecule has 1 N–H and O–H groups in total. The highest BCUT2D eigenvalue weighted by molar-refractivity contribution is 5.99. The van der Waals surface area contributed by atoms with Gasteiger partial charge in [-0.2, -0.15) is 0 Å². The molecule has 0 atom stereocenters. The SMILES string of the molecule is COC(=O)C1(NC(=O)CC(C)=O)CCCCC1. The number of rotatable bonds is 4. The lowest BCUT2D eigenvalue weighted by Crippen LogP contribution is -2.56. The minimum atomic E-state index is -0.917. The first kappa shape index (κ1) is 13.7. The fourth-order valence-corrected chi connectivity index (χ4v) is 2.27. The van der Waals surface area contributed by atoms with Crippen molar-refractivity contribution in [3.05, 3.63) is 0 Å². The Balaban J connectivity index is 2.73. The molecule has 0 heterocycles. The molecule has 0 bridgehead atoms. The Labute approximate surface area is 101 Å². The Morgan fingerprint density at radius 3 is 2.24 bits per heavy atom. The van der Waals surface area contributed by atoms with Gasteiger partial charge in [0.2, 0.25) is 5.91 Å². The van der Waals surface area contributed by atoms with Gasteiger partial charge in [0.05, 0.1) is 13.5 Å². The lowest BCUT2D eigenvalue weighted by atomic mass is 9.81. The van der Waals surface area contributed by atoms with Crippen LogP contribution in [0.4, 0.5) is 0 Å². The second kappa shape index (κ2) is 5.80. The third kappa shape index (κ3) is 3.54. The van der Waals surface area contributed by atoms with Gasteiger partial charge in [-0.05, 0) is 19.8 Å². The molecule has 5 heteroatoms. The zero-order valence-electron chi connectivity index (χ0n) is 10.4. The van der Waals surface area contributed by atoms with Crippen molar-refractivity contribution in [1.29, 1.82) is 0 Å². The van der Waals surface area contributed by atoms with E-state index in [2.05, 4.69) is 5.32 Å². The van der Waals surface area contributed by atoms with Gasteiger partial charge in [-0.1, -0.05) is 19.3 Å². The molecule has 0 aromatic rings. The molecule has 0 unspecified atom stereocenters. The standard InChI is InChI=1S/C12H19NO4/c1-9(14)8-10(15)13-12(11(16)17-2)6-4-3-5-7-12/h3-8H2,1-2H3,(H,13,15). The van der Waals surface area contributed by atoms with Crippen molar-refractivity contribution in [2.75, 3.05) is 7.11 Å². The van der Waals surface area contributed by atoms with Crippen LogP contribution in [0.3, 0.4) is 0 Å². The summed E-state index contributed by atoms with van der Waals surface area (Å²) in [6, 6.07) is 0. The molecule has 17 heavy (non-hydrogen) atoms. The van der Waals surface area contributed by atoms with Crippen molar-refractivity contribution < 1.29 is 19.1 Å². The van der Waals surface area contributed by atoms with Gasteiger partial charge in [-0.3, -0.25) is 9.59 Å². The Morgan fingerprint density at radius 2 is 1.76 bits per heavy atom. The molecule has 0 aromatic carbocycles. The van der Waals surface area contributed by atoms with Gasteiger partial charge in [0.15, 0.2) is 0 Å². The van der Waals surface area contributed by atoms with E-state index in [9.17, 15) is 14.4 Å². The number of amides is 1. The number of esters is 1. The number of methoxy groups -OCH3 is 1. The monoisotopic (exact) mass is 241 g/mol.